The first-order valence-electron chi connectivity index (χ1n) is 8.02. The van der Waals surface area contributed by atoms with Gasteiger partial charge in [-0.05, 0) is 38.1 Å². The van der Waals surface area contributed by atoms with Crippen LogP contribution in [-0.4, -0.2) is 30.0 Å². The van der Waals surface area contributed by atoms with Gasteiger partial charge in [-0.25, -0.2) is 0 Å². The maximum Gasteiger partial charge on any atom is 0.296 e. The maximum atomic E-state index is 12.1. The molecule has 0 aliphatic rings. The lowest BCUT2D eigenvalue weighted by Crippen LogP contribution is -2.19. The molecule has 0 aromatic heterocycles. The Morgan fingerprint density at radius 2 is 1.00 bits per heavy atom. The van der Waals surface area contributed by atoms with Gasteiger partial charge in [0.2, 0.25) is 0 Å². The predicted molar refractivity (Wildman–Crippen MR) is 97.8 cm³/mol. The Morgan fingerprint density at radius 3 is 1.31 bits per heavy atom. The summed E-state index contributed by atoms with van der Waals surface area (Å²) in [4.78, 5) is 0.118. The van der Waals surface area contributed by atoms with Crippen molar-refractivity contribution < 1.29 is 25.2 Å². The summed E-state index contributed by atoms with van der Waals surface area (Å²) < 4.78 is 58.5. The Balaban J connectivity index is 1.91. The van der Waals surface area contributed by atoms with Crippen LogP contribution in [0.3, 0.4) is 0 Å². The fourth-order valence-electron chi connectivity index (χ4n) is 2.01. The lowest BCUT2D eigenvalue weighted by atomic mass is 10.2. The Morgan fingerprint density at radius 1 is 0.692 bits per heavy atom. The molecule has 26 heavy (non-hydrogen) atoms. The molecular formula is C18H22O6S2. The lowest BCUT2D eigenvalue weighted by Gasteiger charge is -2.13. The Kier molecular flexibility index (Phi) is 6.57. The van der Waals surface area contributed by atoms with Crippen LogP contribution in [0.4, 0.5) is 0 Å². The molecule has 8 heteroatoms. The summed E-state index contributed by atoms with van der Waals surface area (Å²) in [6.45, 7) is 4.99. The number of aryl methyl sites for hydroxylation is 2. The van der Waals surface area contributed by atoms with E-state index in [0.29, 0.717) is 0 Å². The van der Waals surface area contributed by atoms with Crippen molar-refractivity contribution in [2.75, 3.05) is 13.2 Å². The third-order valence-corrected chi connectivity index (χ3v) is 6.23. The first-order chi connectivity index (χ1) is 12.1. The van der Waals surface area contributed by atoms with Crippen molar-refractivity contribution in [3.8, 4) is 0 Å². The fourth-order valence-corrected chi connectivity index (χ4v) is 4.04. The highest BCUT2D eigenvalue weighted by atomic mass is 32.2. The summed E-state index contributed by atoms with van der Waals surface area (Å²) in [5.41, 5.74) is 1.87. The average Bonchev–Trinajstić information content (AvgIpc) is 2.59. The van der Waals surface area contributed by atoms with Crippen molar-refractivity contribution in [3.05, 3.63) is 59.7 Å². The van der Waals surface area contributed by atoms with Gasteiger partial charge in [-0.15, -0.1) is 0 Å². The summed E-state index contributed by atoms with van der Waals surface area (Å²) in [7, 11) is -7.78. The molecule has 0 saturated carbocycles. The van der Waals surface area contributed by atoms with Crippen molar-refractivity contribution in [1.82, 2.24) is 0 Å². The highest BCUT2D eigenvalue weighted by molar-refractivity contribution is 7.87. The minimum atomic E-state index is -3.89. The minimum Gasteiger partial charge on any atom is -0.266 e. The highest BCUT2D eigenvalue weighted by Gasteiger charge is 2.20. The van der Waals surface area contributed by atoms with Gasteiger partial charge in [0.1, 0.15) is 0 Å². The third kappa shape index (κ3) is 5.63. The van der Waals surface area contributed by atoms with E-state index in [-0.39, 0.29) is 23.0 Å². The van der Waals surface area contributed by atoms with Crippen LogP contribution in [0.15, 0.2) is 58.3 Å². The molecule has 2 aromatic carbocycles. The van der Waals surface area contributed by atoms with E-state index in [9.17, 15) is 16.8 Å². The van der Waals surface area contributed by atoms with Gasteiger partial charge >= 0.3 is 0 Å². The van der Waals surface area contributed by atoms with Gasteiger partial charge < -0.3 is 0 Å². The second-order valence-corrected chi connectivity index (χ2v) is 9.44. The zero-order valence-corrected chi connectivity index (χ0v) is 16.5. The molecule has 0 unspecified atom stereocenters. The SMILES string of the molecule is Cc1ccc(S(=O)(=O)OCC(C)COS(=O)(=O)c2ccc(C)cc2)cc1. The van der Waals surface area contributed by atoms with Gasteiger partial charge in [-0.2, -0.15) is 16.8 Å². The van der Waals surface area contributed by atoms with Gasteiger partial charge in [0.05, 0.1) is 23.0 Å². The van der Waals surface area contributed by atoms with E-state index < -0.39 is 26.2 Å². The molecule has 2 aromatic rings. The molecule has 142 valence electrons. The van der Waals surface area contributed by atoms with Gasteiger partial charge in [-0.3, -0.25) is 8.37 Å². The molecule has 0 aliphatic heterocycles. The van der Waals surface area contributed by atoms with E-state index in [2.05, 4.69) is 0 Å². The molecule has 0 aliphatic carbocycles. The second kappa shape index (κ2) is 8.30. The van der Waals surface area contributed by atoms with Crippen molar-refractivity contribution >= 4 is 20.2 Å². The number of hydrogen-bond acceptors (Lipinski definition) is 6. The summed E-state index contributed by atoms with van der Waals surface area (Å²) in [6, 6.07) is 12.6. The van der Waals surface area contributed by atoms with Gasteiger partial charge in [0.15, 0.2) is 0 Å². The molecule has 2 rings (SSSR count). The molecule has 0 heterocycles. The number of hydrogen-bond donors (Lipinski definition) is 0. The number of benzene rings is 2. The van der Waals surface area contributed by atoms with Crippen LogP contribution in [0, 0.1) is 19.8 Å². The Labute approximate surface area is 155 Å². The molecule has 0 spiro atoms. The first-order valence-corrected chi connectivity index (χ1v) is 10.8. The molecule has 6 nitrogen and oxygen atoms in total. The van der Waals surface area contributed by atoms with E-state index in [4.69, 9.17) is 8.37 Å². The van der Waals surface area contributed by atoms with Crippen molar-refractivity contribution in [2.45, 2.75) is 30.6 Å². The Bertz CT molecular complexity index is 851. The van der Waals surface area contributed by atoms with Crippen LogP contribution in [0.5, 0.6) is 0 Å². The average molecular weight is 399 g/mol. The standard InChI is InChI=1S/C18H22O6S2/c1-14-4-8-17(9-5-14)25(19,20)23-12-16(3)13-24-26(21,22)18-10-6-15(2)7-11-18/h4-11,16H,12-13H2,1-3H3. The molecule has 0 radical (unpaired) electrons. The molecular weight excluding hydrogens is 376 g/mol. The van der Waals surface area contributed by atoms with Crippen molar-refractivity contribution in [1.29, 1.82) is 0 Å². The summed E-state index contributed by atoms with van der Waals surface area (Å²) >= 11 is 0. The van der Waals surface area contributed by atoms with E-state index in [1.54, 1.807) is 31.2 Å². The fraction of sp³-hybridized carbons (Fsp3) is 0.333. The third-order valence-electron chi connectivity index (χ3n) is 3.63. The quantitative estimate of drug-likeness (QED) is 0.635. The maximum absolute atomic E-state index is 12.1. The molecule has 0 saturated heterocycles. The van der Waals surface area contributed by atoms with Crippen LogP contribution in [0.2, 0.25) is 0 Å². The Hall–Kier alpha value is -1.74. The van der Waals surface area contributed by atoms with Crippen molar-refractivity contribution in [2.24, 2.45) is 5.92 Å². The van der Waals surface area contributed by atoms with Crippen LogP contribution in [0.25, 0.3) is 0 Å². The van der Waals surface area contributed by atoms with Gasteiger partial charge in [-0.1, -0.05) is 42.3 Å². The molecule has 0 atom stereocenters. The smallest absolute Gasteiger partial charge is 0.266 e. The molecule has 0 N–H and O–H groups in total. The minimum absolute atomic E-state index is 0.0588. The summed E-state index contributed by atoms with van der Waals surface area (Å²) in [6.07, 6.45) is 0. The second-order valence-electron chi connectivity index (χ2n) is 6.21. The van der Waals surface area contributed by atoms with Crippen LogP contribution >= 0.6 is 0 Å². The largest absolute Gasteiger partial charge is 0.296 e. The van der Waals surface area contributed by atoms with Gasteiger partial charge in [0.25, 0.3) is 20.2 Å². The van der Waals surface area contributed by atoms with Crippen LogP contribution in [0.1, 0.15) is 18.1 Å². The van der Waals surface area contributed by atoms with Crippen molar-refractivity contribution in [3.63, 3.8) is 0 Å². The normalized spacial score (nSPS) is 12.5. The van der Waals surface area contributed by atoms with Crippen LogP contribution < -0.4 is 0 Å². The van der Waals surface area contributed by atoms with E-state index in [1.165, 1.54) is 24.3 Å². The molecule has 0 amide bonds. The molecule has 0 fully saturated rings. The predicted octanol–water partition coefficient (Wildman–Crippen LogP) is 3.05. The van der Waals surface area contributed by atoms with E-state index >= 15 is 0 Å². The molecule has 0 bridgehead atoms. The lowest BCUT2D eigenvalue weighted by molar-refractivity contribution is 0.196. The number of rotatable bonds is 8. The van der Waals surface area contributed by atoms with Crippen LogP contribution in [-0.2, 0) is 28.6 Å². The highest BCUT2D eigenvalue weighted by Crippen LogP contribution is 2.17. The summed E-state index contributed by atoms with van der Waals surface area (Å²) in [5, 5.41) is 0. The van der Waals surface area contributed by atoms with E-state index in [1.807, 2.05) is 13.8 Å². The first kappa shape index (κ1) is 20.6. The zero-order valence-electron chi connectivity index (χ0n) is 14.9. The van der Waals surface area contributed by atoms with Gasteiger partial charge in [0, 0.05) is 5.92 Å². The zero-order chi connectivity index (χ0) is 19.4. The monoisotopic (exact) mass is 398 g/mol. The van der Waals surface area contributed by atoms with E-state index in [0.717, 1.165) is 11.1 Å². The topological polar surface area (TPSA) is 86.7 Å². The summed E-state index contributed by atoms with van der Waals surface area (Å²) in [5.74, 6) is -0.435.